The summed E-state index contributed by atoms with van der Waals surface area (Å²) in [6.07, 6.45) is -3.80. The monoisotopic (exact) mass is 316 g/mol. The minimum Gasteiger partial charge on any atom is -0.790 e. The van der Waals surface area contributed by atoms with Gasteiger partial charge in [-0.15, -0.1) is 0 Å². The molecule has 0 aliphatic rings. The van der Waals surface area contributed by atoms with Gasteiger partial charge >= 0.3 is 13.7 Å². The predicted molar refractivity (Wildman–Crippen MR) is 46.0 cm³/mol. The van der Waals surface area contributed by atoms with Gasteiger partial charge in [0.05, 0.1) is 14.4 Å². The van der Waals surface area contributed by atoms with Gasteiger partial charge < -0.3 is 28.7 Å². The summed E-state index contributed by atoms with van der Waals surface area (Å²) in [6.45, 7) is -3.36. The highest BCUT2D eigenvalue weighted by Gasteiger charge is 2.41. The fourth-order valence-corrected chi connectivity index (χ4v) is 1.78. The Labute approximate surface area is 99.2 Å². The first-order chi connectivity index (χ1) is 7.87. The summed E-state index contributed by atoms with van der Waals surface area (Å²) in [7, 11) is -10.8. The molecule has 0 saturated heterocycles. The van der Waals surface area contributed by atoms with E-state index in [-0.39, 0.29) is 0 Å². The highest BCUT2D eigenvalue weighted by atomic mass is 31.2. The fourth-order valence-electron chi connectivity index (χ4n) is 0.862. The molecule has 0 fully saturated rings. The summed E-state index contributed by atoms with van der Waals surface area (Å²) >= 11 is 0. The van der Waals surface area contributed by atoms with Crippen LogP contribution in [-0.4, -0.2) is 35.1 Å². The smallest absolute Gasteiger partial charge is 0.469 e. The molecule has 0 radical (unpaired) electrons. The number of hydrogen-bond donors (Lipinski definition) is 2. The van der Waals surface area contributed by atoms with Crippen LogP contribution in [0.15, 0.2) is 0 Å². The molecule has 1 unspecified atom stereocenters. The van der Waals surface area contributed by atoms with E-state index in [2.05, 4.69) is 9.05 Å². The number of phosphoric ester groups is 2. The van der Waals surface area contributed by atoms with Crippen LogP contribution in [0.4, 0.5) is 13.2 Å². The topological polar surface area (TPSA) is 139 Å². The normalized spacial score (nSPS) is 15.7. The number of alkyl halides is 3. The van der Waals surface area contributed by atoms with Crippen molar-refractivity contribution in [2.75, 3.05) is 13.3 Å². The quantitative estimate of drug-likeness (QED) is 0.561. The Kier molecular flexibility index (Phi) is 6.45. The molecular weight excluding hydrogens is 307 g/mol. The molecule has 0 spiro atoms. The number of phosphoric acid groups is 2. The lowest BCUT2D eigenvalue weighted by Crippen LogP contribution is -2.40. The summed E-state index contributed by atoms with van der Waals surface area (Å²) in [6, 6.07) is 0. The molecule has 0 aliphatic heterocycles. The average Bonchev–Trinajstić information content (AvgIpc) is 2.12. The minimum atomic E-state index is -5.81. The molecule has 2 N–H and O–H groups in total. The second-order valence-electron chi connectivity index (χ2n) is 3.05. The lowest BCUT2D eigenvalue weighted by molar-refractivity contribution is -0.350. The van der Waals surface area contributed by atoms with E-state index in [0.717, 1.165) is 0 Å². The standard InChI is InChI=1S/C5H11F3O8P2/c6-3-5(7,8)4(16-18(12,13)14)1-2-15-17(9,10)11/h4H,1-3H2,(H2,9,10,11)(H2,12,13,14)/p-2. The zero-order chi connectivity index (χ0) is 14.6. The Morgan fingerprint density at radius 3 is 2.11 bits per heavy atom. The van der Waals surface area contributed by atoms with Crippen LogP contribution in [0.3, 0.4) is 0 Å². The maximum atomic E-state index is 12.8. The van der Waals surface area contributed by atoms with Gasteiger partial charge in [-0.2, -0.15) is 0 Å². The van der Waals surface area contributed by atoms with E-state index in [9.17, 15) is 32.1 Å². The highest BCUT2D eigenvalue weighted by Crippen LogP contribution is 2.39. The van der Waals surface area contributed by atoms with E-state index < -0.39 is 47.4 Å². The van der Waals surface area contributed by atoms with Crippen LogP contribution < -0.4 is 9.79 Å². The first-order valence-corrected chi connectivity index (χ1v) is 7.21. The summed E-state index contributed by atoms with van der Waals surface area (Å²) in [5.41, 5.74) is 0. The predicted octanol–water partition coefficient (Wildman–Crippen LogP) is -0.696. The summed E-state index contributed by atoms with van der Waals surface area (Å²) < 4.78 is 65.1. The van der Waals surface area contributed by atoms with Gasteiger partial charge in [-0.05, 0) is 0 Å². The molecule has 0 aromatic heterocycles. The van der Waals surface area contributed by atoms with Crippen molar-refractivity contribution in [3.05, 3.63) is 0 Å². The summed E-state index contributed by atoms with van der Waals surface area (Å²) in [5.74, 6) is -4.30. The minimum absolute atomic E-state index is 1.05. The molecule has 0 aliphatic carbocycles. The van der Waals surface area contributed by atoms with Crippen molar-refractivity contribution >= 4 is 15.6 Å². The van der Waals surface area contributed by atoms with Gasteiger partial charge in [0.1, 0.15) is 6.10 Å². The van der Waals surface area contributed by atoms with Gasteiger partial charge in [0, 0.05) is 6.42 Å². The van der Waals surface area contributed by atoms with Gasteiger partial charge in [-0.3, -0.25) is 4.52 Å². The molecule has 0 bridgehead atoms. The second-order valence-corrected chi connectivity index (χ2v) is 5.39. The molecule has 0 aromatic rings. The first-order valence-electron chi connectivity index (χ1n) is 4.22. The molecule has 0 saturated carbocycles. The van der Waals surface area contributed by atoms with Crippen molar-refractivity contribution in [2.45, 2.75) is 18.4 Å². The van der Waals surface area contributed by atoms with Gasteiger partial charge in [0.2, 0.25) is 0 Å². The van der Waals surface area contributed by atoms with Gasteiger partial charge in [0.25, 0.3) is 0 Å². The van der Waals surface area contributed by atoms with Crippen LogP contribution in [-0.2, 0) is 18.2 Å². The van der Waals surface area contributed by atoms with Crippen LogP contribution in [0, 0.1) is 0 Å². The van der Waals surface area contributed by atoms with Gasteiger partial charge in [-0.1, -0.05) is 0 Å². The maximum absolute atomic E-state index is 12.8. The second kappa shape index (κ2) is 6.44. The molecule has 13 heteroatoms. The number of rotatable bonds is 8. The van der Waals surface area contributed by atoms with Crippen LogP contribution in [0.1, 0.15) is 6.42 Å². The lowest BCUT2D eigenvalue weighted by Gasteiger charge is -2.35. The van der Waals surface area contributed by atoms with Crippen molar-refractivity contribution in [3.63, 3.8) is 0 Å². The third kappa shape index (κ3) is 8.17. The molecule has 0 rings (SSSR count). The highest BCUT2D eigenvalue weighted by molar-refractivity contribution is 7.46. The van der Waals surface area contributed by atoms with E-state index in [0.29, 0.717) is 0 Å². The van der Waals surface area contributed by atoms with E-state index in [1.54, 1.807) is 0 Å². The van der Waals surface area contributed by atoms with Crippen molar-refractivity contribution in [3.8, 4) is 0 Å². The third-order valence-corrected chi connectivity index (χ3v) is 2.58. The Morgan fingerprint density at radius 1 is 1.28 bits per heavy atom. The molecule has 110 valence electrons. The molecule has 1 atom stereocenters. The molecule has 0 heterocycles. The van der Waals surface area contributed by atoms with Crippen molar-refractivity contribution in [1.82, 2.24) is 0 Å². The Balaban J connectivity index is 4.60. The zero-order valence-corrected chi connectivity index (χ0v) is 10.4. The van der Waals surface area contributed by atoms with Crippen molar-refractivity contribution in [2.24, 2.45) is 0 Å². The van der Waals surface area contributed by atoms with Crippen LogP contribution in [0.2, 0.25) is 0 Å². The number of halogens is 3. The number of hydrogen-bond acceptors (Lipinski definition) is 6. The van der Waals surface area contributed by atoms with Crippen LogP contribution >= 0.6 is 15.6 Å². The first kappa shape index (κ1) is 18.0. The summed E-state index contributed by atoms with van der Waals surface area (Å²) in [4.78, 5) is 36.8. The average molecular weight is 316 g/mol. The Bertz CT molecular complexity index is 351. The zero-order valence-electron chi connectivity index (χ0n) is 8.57. The lowest BCUT2D eigenvalue weighted by atomic mass is 10.1. The van der Waals surface area contributed by atoms with E-state index >= 15 is 0 Å². The maximum Gasteiger partial charge on any atom is 0.469 e. The molecule has 18 heavy (non-hydrogen) atoms. The molecule has 8 nitrogen and oxygen atoms in total. The fraction of sp³-hybridized carbons (Fsp3) is 1.00. The molecule has 0 amide bonds. The molecule has 0 aromatic carbocycles. The van der Waals surface area contributed by atoms with Crippen molar-refractivity contribution in [1.29, 1.82) is 0 Å². The van der Waals surface area contributed by atoms with Gasteiger partial charge in [0.15, 0.2) is 6.67 Å². The van der Waals surface area contributed by atoms with Crippen LogP contribution in [0.25, 0.3) is 0 Å². The third-order valence-electron chi connectivity index (χ3n) is 1.55. The Hall–Kier alpha value is 0.01000. The van der Waals surface area contributed by atoms with Gasteiger partial charge in [-0.25, -0.2) is 17.7 Å². The Morgan fingerprint density at radius 2 is 1.78 bits per heavy atom. The van der Waals surface area contributed by atoms with E-state index in [1.165, 1.54) is 0 Å². The van der Waals surface area contributed by atoms with Crippen molar-refractivity contribution < 1.29 is 50.9 Å². The molecular formula is C5H9F3O8P2-2. The summed E-state index contributed by atoms with van der Waals surface area (Å²) in [5, 5.41) is 0. The van der Waals surface area contributed by atoms with Crippen LogP contribution in [0.5, 0.6) is 0 Å². The van der Waals surface area contributed by atoms with E-state index in [1.807, 2.05) is 0 Å². The SMILES string of the molecule is O=P([O-])([O-])OC(CCOP(=O)(O)O)C(F)(F)CF. The largest absolute Gasteiger partial charge is 0.790 e. The van der Waals surface area contributed by atoms with E-state index in [4.69, 9.17) is 9.79 Å².